The maximum Gasteiger partial charge on any atom is 0.188 e. The van der Waals surface area contributed by atoms with Crippen molar-refractivity contribution in [3.8, 4) is 6.07 Å². The van der Waals surface area contributed by atoms with Crippen molar-refractivity contribution >= 4 is 22.3 Å². The Balaban J connectivity index is 1.95. The predicted molar refractivity (Wildman–Crippen MR) is 70.1 cm³/mol. The summed E-state index contributed by atoms with van der Waals surface area (Å²) in [7, 11) is 1.83. The molecular formula is C12H13N5S. The molecule has 0 aliphatic heterocycles. The molecule has 92 valence electrons. The summed E-state index contributed by atoms with van der Waals surface area (Å²) in [6.07, 6.45) is 3.41. The lowest BCUT2D eigenvalue weighted by atomic mass is 10.3. The molecule has 0 amide bonds. The molecule has 0 radical (unpaired) electrons. The van der Waals surface area contributed by atoms with Gasteiger partial charge in [-0.1, -0.05) is 0 Å². The monoisotopic (exact) mass is 259 g/mol. The van der Waals surface area contributed by atoms with Crippen LogP contribution in [0.2, 0.25) is 0 Å². The van der Waals surface area contributed by atoms with Crippen LogP contribution in [0.25, 0.3) is 0 Å². The second-order valence-corrected chi connectivity index (χ2v) is 5.50. The van der Waals surface area contributed by atoms with Gasteiger partial charge < -0.3 is 5.32 Å². The van der Waals surface area contributed by atoms with E-state index in [1.807, 2.05) is 14.0 Å². The van der Waals surface area contributed by atoms with Gasteiger partial charge in [-0.15, -0.1) is 11.3 Å². The van der Waals surface area contributed by atoms with Crippen molar-refractivity contribution in [1.82, 2.24) is 14.8 Å². The molecule has 0 saturated heterocycles. The summed E-state index contributed by atoms with van der Waals surface area (Å²) in [5.74, 6) is 0.724. The first-order valence-electron chi connectivity index (χ1n) is 5.88. The predicted octanol–water partition coefficient (Wildman–Crippen LogP) is 2.29. The minimum absolute atomic E-state index is 0.591. The molecule has 6 heteroatoms. The molecule has 0 aromatic carbocycles. The fourth-order valence-corrected chi connectivity index (χ4v) is 3.33. The Hall–Kier alpha value is -1.87. The highest BCUT2D eigenvalue weighted by atomic mass is 32.1. The molecule has 5 nitrogen and oxygen atoms in total. The zero-order valence-corrected chi connectivity index (χ0v) is 11.1. The fraction of sp³-hybridized carbons (Fsp3) is 0.417. The minimum atomic E-state index is 0.591. The summed E-state index contributed by atoms with van der Waals surface area (Å²) in [6.45, 7) is 1.84. The van der Waals surface area contributed by atoms with Crippen LogP contribution in [0.5, 0.6) is 0 Å². The Morgan fingerprint density at radius 2 is 2.28 bits per heavy atom. The van der Waals surface area contributed by atoms with Gasteiger partial charge in [-0.05, 0) is 26.2 Å². The van der Waals surface area contributed by atoms with Gasteiger partial charge in [0.2, 0.25) is 0 Å². The first-order valence-corrected chi connectivity index (χ1v) is 6.70. The summed E-state index contributed by atoms with van der Waals surface area (Å²) in [6, 6.07) is 2.19. The highest BCUT2D eigenvalue weighted by molar-refractivity contribution is 7.15. The van der Waals surface area contributed by atoms with E-state index in [-0.39, 0.29) is 0 Å². The van der Waals surface area contributed by atoms with Crippen LogP contribution in [-0.4, -0.2) is 14.8 Å². The third-order valence-corrected chi connectivity index (χ3v) is 4.23. The van der Waals surface area contributed by atoms with Gasteiger partial charge in [0.15, 0.2) is 5.13 Å². The molecule has 1 aliphatic carbocycles. The smallest absolute Gasteiger partial charge is 0.188 e. The van der Waals surface area contributed by atoms with Gasteiger partial charge >= 0.3 is 0 Å². The lowest BCUT2D eigenvalue weighted by molar-refractivity contribution is 0.764. The third-order valence-electron chi connectivity index (χ3n) is 3.16. The van der Waals surface area contributed by atoms with Crippen LogP contribution in [0, 0.1) is 18.3 Å². The number of hydrogen-bond donors (Lipinski definition) is 1. The number of hydrogen-bond acceptors (Lipinski definition) is 5. The van der Waals surface area contributed by atoms with Gasteiger partial charge in [0.1, 0.15) is 17.5 Å². The average Bonchev–Trinajstić information content (AvgIpc) is 2.94. The van der Waals surface area contributed by atoms with Crippen molar-refractivity contribution in [1.29, 1.82) is 5.26 Å². The molecular weight excluding hydrogens is 246 g/mol. The van der Waals surface area contributed by atoms with Crippen LogP contribution in [0.15, 0.2) is 0 Å². The Morgan fingerprint density at radius 3 is 3.00 bits per heavy atom. The topological polar surface area (TPSA) is 66.5 Å². The zero-order valence-electron chi connectivity index (χ0n) is 10.3. The Morgan fingerprint density at radius 1 is 1.44 bits per heavy atom. The van der Waals surface area contributed by atoms with E-state index in [1.54, 1.807) is 16.0 Å². The summed E-state index contributed by atoms with van der Waals surface area (Å²) in [5, 5.41) is 17.5. The number of nitriles is 1. The molecule has 1 N–H and O–H groups in total. The van der Waals surface area contributed by atoms with Crippen molar-refractivity contribution in [3.63, 3.8) is 0 Å². The number of aromatic nitrogens is 3. The molecule has 3 rings (SSSR count). The molecule has 2 heterocycles. The summed E-state index contributed by atoms with van der Waals surface area (Å²) < 4.78 is 1.69. The average molecular weight is 259 g/mol. The largest absolute Gasteiger partial charge is 0.315 e. The number of fused-ring (bicyclic) bond motifs is 1. The number of thiazole rings is 1. The molecule has 2 aromatic heterocycles. The second kappa shape index (κ2) is 4.10. The lowest BCUT2D eigenvalue weighted by Gasteiger charge is -2.03. The normalized spacial score (nSPS) is 13.4. The van der Waals surface area contributed by atoms with Gasteiger partial charge in [-0.2, -0.15) is 10.4 Å². The molecule has 0 atom stereocenters. The van der Waals surface area contributed by atoms with Crippen molar-refractivity contribution in [2.45, 2.75) is 26.2 Å². The molecule has 0 unspecified atom stereocenters. The quantitative estimate of drug-likeness (QED) is 0.898. The number of nitrogens with one attached hydrogen (secondary N) is 1. The second-order valence-electron chi connectivity index (χ2n) is 4.41. The van der Waals surface area contributed by atoms with Crippen molar-refractivity contribution < 1.29 is 0 Å². The summed E-state index contributed by atoms with van der Waals surface area (Å²) in [4.78, 5) is 5.94. The van der Waals surface area contributed by atoms with E-state index in [0.717, 1.165) is 29.5 Å². The van der Waals surface area contributed by atoms with E-state index in [4.69, 9.17) is 5.26 Å². The minimum Gasteiger partial charge on any atom is -0.315 e. The van der Waals surface area contributed by atoms with Gasteiger partial charge in [-0.3, -0.25) is 4.68 Å². The van der Waals surface area contributed by atoms with Crippen LogP contribution in [0.1, 0.15) is 28.2 Å². The zero-order chi connectivity index (χ0) is 12.7. The third kappa shape index (κ3) is 1.68. The first-order chi connectivity index (χ1) is 8.69. The number of anilines is 2. The van der Waals surface area contributed by atoms with Crippen LogP contribution in [0.3, 0.4) is 0 Å². The SMILES string of the molecule is Cc1nn(C)c(Nc2nc3c(s2)CCC3)c1C#N. The van der Waals surface area contributed by atoms with Crippen LogP contribution >= 0.6 is 11.3 Å². The van der Waals surface area contributed by atoms with Crippen LogP contribution < -0.4 is 5.32 Å². The summed E-state index contributed by atoms with van der Waals surface area (Å²) >= 11 is 1.68. The van der Waals surface area contributed by atoms with Gasteiger partial charge in [0, 0.05) is 11.9 Å². The van der Waals surface area contributed by atoms with Crippen molar-refractivity contribution in [3.05, 3.63) is 21.8 Å². The molecule has 1 aliphatic rings. The fourth-order valence-electron chi connectivity index (χ4n) is 2.28. The molecule has 2 aromatic rings. The summed E-state index contributed by atoms with van der Waals surface area (Å²) in [5.41, 5.74) is 2.54. The maximum absolute atomic E-state index is 9.15. The molecule has 18 heavy (non-hydrogen) atoms. The van der Waals surface area contributed by atoms with Crippen molar-refractivity contribution in [2.75, 3.05) is 5.32 Å². The number of aryl methyl sites for hydroxylation is 4. The van der Waals surface area contributed by atoms with E-state index in [0.29, 0.717) is 5.56 Å². The lowest BCUT2D eigenvalue weighted by Crippen LogP contribution is -2.00. The van der Waals surface area contributed by atoms with E-state index in [1.165, 1.54) is 17.0 Å². The Bertz CT molecular complexity index is 625. The maximum atomic E-state index is 9.15. The number of rotatable bonds is 2. The Kier molecular flexibility index (Phi) is 2.56. The van der Waals surface area contributed by atoms with E-state index < -0.39 is 0 Å². The molecule has 0 saturated carbocycles. The van der Waals surface area contributed by atoms with Gasteiger partial charge in [0.25, 0.3) is 0 Å². The highest BCUT2D eigenvalue weighted by Crippen LogP contribution is 2.32. The van der Waals surface area contributed by atoms with E-state index in [2.05, 4.69) is 21.5 Å². The highest BCUT2D eigenvalue weighted by Gasteiger charge is 2.19. The van der Waals surface area contributed by atoms with Gasteiger partial charge in [-0.25, -0.2) is 4.98 Å². The molecule has 0 fully saturated rings. The van der Waals surface area contributed by atoms with Crippen molar-refractivity contribution in [2.24, 2.45) is 7.05 Å². The first kappa shape index (κ1) is 11.2. The molecule has 0 spiro atoms. The van der Waals surface area contributed by atoms with E-state index >= 15 is 0 Å². The Labute approximate surface area is 109 Å². The van der Waals surface area contributed by atoms with E-state index in [9.17, 15) is 0 Å². The number of nitrogens with zero attached hydrogens (tertiary/aromatic N) is 4. The van der Waals surface area contributed by atoms with Crippen LogP contribution in [0.4, 0.5) is 10.9 Å². The van der Waals surface area contributed by atoms with Crippen LogP contribution in [-0.2, 0) is 19.9 Å². The standard InChI is InChI=1S/C12H13N5S/c1-7-8(6-13)11(17(2)16-7)15-12-14-9-4-3-5-10(9)18-12/h3-5H2,1-2H3,(H,14,15). The molecule has 0 bridgehead atoms. The van der Waals surface area contributed by atoms with Gasteiger partial charge in [0.05, 0.1) is 11.4 Å².